The van der Waals surface area contributed by atoms with Crippen LogP contribution in [0.3, 0.4) is 0 Å². The molecule has 0 atom stereocenters. The van der Waals surface area contributed by atoms with Gasteiger partial charge in [-0.15, -0.1) is 11.3 Å². The van der Waals surface area contributed by atoms with Gasteiger partial charge in [-0.1, -0.05) is 23.7 Å². The van der Waals surface area contributed by atoms with Crippen LogP contribution in [-0.4, -0.2) is 13.2 Å². The van der Waals surface area contributed by atoms with Crippen molar-refractivity contribution in [1.29, 1.82) is 0 Å². The van der Waals surface area contributed by atoms with Crippen molar-refractivity contribution >= 4 is 22.9 Å². The summed E-state index contributed by atoms with van der Waals surface area (Å²) in [7, 11) is 0. The molecule has 1 N–H and O–H groups in total. The molecule has 19 heavy (non-hydrogen) atoms. The molecule has 1 aromatic carbocycles. The van der Waals surface area contributed by atoms with E-state index >= 15 is 0 Å². The predicted octanol–water partition coefficient (Wildman–Crippen LogP) is 4.02. The Balaban J connectivity index is 1.71. The van der Waals surface area contributed by atoms with Crippen molar-refractivity contribution in [2.45, 2.75) is 13.5 Å². The minimum Gasteiger partial charge on any atom is -0.489 e. The van der Waals surface area contributed by atoms with Gasteiger partial charge in [-0.25, -0.2) is 4.39 Å². The van der Waals surface area contributed by atoms with Crippen LogP contribution in [-0.2, 0) is 6.54 Å². The Kier molecular flexibility index (Phi) is 5.19. The number of benzene rings is 1. The second kappa shape index (κ2) is 6.89. The monoisotopic (exact) mass is 299 g/mol. The van der Waals surface area contributed by atoms with E-state index in [1.807, 2.05) is 12.1 Å². The Morgan fingerprint density at radius 1 is 1.32 bits per heavy atom. The number of thiophene rings is 1. The van der Waals surface area contributed by atoms with Crippen molar-refractivity contribution in [2.75, 3.05) is 13.2 Å². The molecule has 0 saturated carbocycles. The molecule has 0 bridgehead atoms. The van der Waals surface area contributed by atoms with E-state index in [2.05, 4.69) is 5.32 Å². The van der Waals surface area contributed by atoms with E-state index in [1.165, 1.54) is 4.88 Å². The molecule has 5 heteroatoms. The number of rotatable bonds is 6. The fourth-order valence-corrected chi connectivity index (χ4v) is 2.68. The first-order valence-corrected chi connectivity index (χ1v) is 7.19. The number of halogens is 2. The van der Waals surface area contributed by atoms with E-state index < -0.39 is 0 Å². The van der Waals surface area contributed by atoms with Crippen molar-refractivity contribution in [3.05, 3.63) is 50.9 Å². The molecule has 2 aromatic rings. The van der Waals surface area contributed by atoms with Crippen molar-refractivity contribution < 1.29 is 9.13 Å². The van der Waals surface area contributed by atoms with E-state index in [0.717, 1.165) is 10.9 Å². The van der Waals surface area contributed by atoms with Gasteiger partial charge in [0.05, 0.1) is 4.34 Å². The molecule has 0 spiro atoms. The molecular weight excluding hydrogens is 285 g/mol. The van der Waals surface area contributed by atoms with Crippen molar-refractivity contribution in [1.82, 2.24) is 5.32 Å². The van der Waals surface area contributed by atoms with E-state index in [0.29, 0.717) is 24.5 Å². The quantitative estimate of drug-likeness (QED) is 0.814. The molecule has 0 aliphatic rings. The first kappa shape index (κ1) is 14.3. The summed E-state index contributed by atoms with van der Waals surface area (Å²) in [6.45, 7) is 3.56. The lowest BCUT2D eigenvalue weighted by atomic mass is 10.2. The minimum atomic E-state index is -0.285. The van der Waals surface area contributed by atoms with Crippen LogP contribution in [0.5, 0.6) is 5.75 Å². The molecule has 0 fully saturated rings. The van der Waals surface area contributed by atoms with Gasteiger partial charge >= 0.3 is 0 Å². The van der Waals surface area contributed by atoms with Crippen molar-refractivity contribution in [2.24, 2.45) is 0 Å². The van der Waals surface area contributed by atoms with Gasteiger partial charge < -0.3 is 10.1 Å². The molecule has 102 valence electrons. The molecule has 1 heterocycles. The molecular formula is C14H15ClFNOS. The highest BCUT2D eigenvalue weighted by atomic mass is 35.5. The van der Waals surface area contributed by atoms with Crippen LogP contribution >= 0.6 is 22.9 Å². The minimum absolute atomic E-state index is 0.285. The molecule has 0 aliphatic heterocycles. The number of nitrogens with one attached hydrogen (secondary N) is 1. The summed E-state index contributed by atoms with van der Waals surface area (Å²) in [5.41, 5.74) is 0.596. The van der Waals surface area contributed by atoms with E-state index in [4.69, 9.17) is 16.3 Å². The van der Waals surface area contributed by atoms with Crippen LogP contribution < -0.4 is 10.1 Å². The van der Waals surface area contributed by atoms with Crippen molar-refractivity contribution in [3.63, 3.8) is 0 Å². The zero-order chi connectivity index (χ0) is 13.7. The maximum Gasteiger partial charge on any atom is 0.167 e. The molecule has 0 amide bonds. The zero-order valence-electron chi connectivity index (χ0n) is 10.6. The number of hydrogen-bond acceptors (Lipinski definition) is 3. The van der Waals surface area contributed by atoms with Gasteiger partial charge in [-0.3, -0.25) is 0 Å². The normalized spacial score (nSPS) is 10.7. The van der Waals surface area contributed by atoms with E-state index in [1.54, 1.807) is 36.5 Å². The van der Waals surface area contributed by atoms with Crippen LogP contribution in [0.4, 0.5) is 4.39 Å². The van der Waals surface area contributed by atoms with Crippen LogP contribution in [0.25, 0.3) is 0 Å². The van der Waals surface area contributed by atoms with Crippen LogP contribution in [0.15, 0.2) is 30.3 Å². The Bertz CT molecular complexity index is 544. The molecule has 0 unspecified atom stereocenters. The number of hydrogen-bond donors (Lipinski definition) is 1. The summed E-state index contributed by atoms with van der Waals surface area (Å²) in [4.78, 5) is 1.17. The highest BCUT2D eigenvalue weighted by Crippen LogP contribution is 2.21. The fourth-order valence-electron chi connectivity index (χ4n) is 1.62. The first-order valence-electron chi connectivity index (χ1n) is 5.99. The third kappa shape index (κ3) is 4.20. The first-order chi connectivity index (χ1) is 9.16. The molecule has 0 aliphatic carbocycles. The van der Waals surface area contributed by atoms with Crippen LogP contribution in [0.1, 0.15) is 10.4 Å². The lowest BCUT2D eigenvalue weighted by molar-refractivity contribution is 0.298. The Morgan fingerprint density at radius 3 is 2.89 bits per heavy atom. The highest BCUT2D eigenvalue weighted by Gasteiger charge is 2.05. The van der Waals surface area contributed by atoms with Crippen LogP contribution in [0.2, 0.25) is 4.34 Å². The summed E-state index contributed by atoms with van der Waals surface area (Å²) < 4.78 is 19.8. The van der Waals surface area contributed by atoms with Gasteiger partial charge in [0.1, 0.15) is 6.61 Å². The Hall–Kier alpha value is -1.10. The summed E-state index contributed by atoms with van der Waals surface area (Å²) in [5.74, 6) is 0.0218. The maximum atomic E-state index is 13.6. The molecule has 0 saturated heterocycles. The summed E-state index contributed by atoms with van der Waals surface area (Å²) in [6, 6.07) is 9.01. The third-order valence-corrected chi connectivity index (χ3v) is 3.85. The summed E-state index contributed by atoms with van der Waals surface area (Å²) >= 11 is 7.39. The van der Waals surface area contributed by atoms with Gasteiger partial charge in [0.25, 0.3) is 0 Å². The highest BCUT2D eigenvalue weighted by molar-refractivity contribution is 7.16. The maximum absolute atomic E-state index is 13.6. The number of ether oxygens (including phenoxy) is 1. The lowest BCUT2D eigenvalue weighted by Gasteiger charge is -2.09. The summed E-state index contributed by atoms with van der Waals surface area (Å²) in [6.07, 6.45) is 0. The van der Waals surface area contributed by atoms with Gasteiger partial charge in [0.15, 0.2) is 11.6 Å². The average Bonchev–Trinajstić information content (AvgIpc) is 2.80. The smallest absolute Gasteiger partial charge is 0.167 e. The molecule has 2 rings (SSSR count). The molecule has 2 nitrogen and oxygen atoms in total. The fraction of sp³-hybridized carbons (Fsp3) is 0.286. The average molecular weight is 300 g/mol. The largest absolute Gasteiger partial charge is 0.489 e. The SMILES string of the molecule is Cc1cccc(OCCNCc2ccc(Cl)s2)c1F. The third-order valence-electron chi connectivity index (χ3n) is 2.62. The van der Waals surface area contributed by atoms with Gasteiger partial charge in [0.2, 0.25) is 0 Å². The van der Waals surface area contributed by atoms with Crippen molar-refractivity contribution in [3.8, 4) is 5.75 Å². The van der Waals surface area contributed by atoms with E-state index in [9.17, 15) is 4.39 Å². The number of aryl methyl sites for hydroxylation is 1. The predicted molar refractivity (Wildman–Crippen MR) is 77.7 cm³/mol. The zero-order valence-corrected chi connectivity index (χ0v) is 12.2. The van der Waals surface area contributed by atoms with Gasteiger partial charge in [-0.05, 0) is 30.7 Å². The Morgan fingerprint density at radius 2 is 2.16 bits per heavy atom. The summed E-state index contributed by atoms with van der Waals surface area (Å²) in [5, 5.41) is 3.22. The van der Waals surface area contributed by atoms with E-state index in [-0.39, 0.29) is 5.82 Å². The second-order valence-corrected chi connectivity index (χ2v) is 5.92. The van der Waals surface area contributed by atoms with Gasteiger partial charge in [0, 0.05) is 18.0 Å². The molecule has 0 radical (unpaired) electrons. The topological polar surface area (TPSA) is 21.3 Å². The van der Waals surface area contributed by atoms with Gasteiger partial charge in [-0.2, -0.15) is 0 Å². The standard InChI is InChI=1S/C14H15ClFNOS/c1-10-3-2-4-12(14(10)16)18-8-7-17-9-11-5-6-13(15)19-11/h2-6,17H,7-9H2,1H3. The Labute approximate surface area is 121 Å². The second-order valence-electron chi connectivity index (χ2n) is 4.12. The van der Waals surface area contributed by atoms with Crippen LogP contribution in [0, 0.1) is 12.7 Å². The lowest BCUT2D eigenvalue weighted by Crippen LogP contribution is -2.20. The molecule has 1 aromatic heterocycles.